The Kier molecular flexibility index (Phi) is 5.35. The highest BCUT2D eigenvalue weighted by Crippen LogP contribution is 2.63. The van der Waals surface area contributed by atoms with Crippen LogP contribution >= 0.6 is 0 Å². The van der Waals surface area contributed by atoms with E-state index >= 15 is 0 Å². The summed E-state index contributed by atoms with van der Waals surface area (Å²) in [5.74, 6) is 0.394. The lowest BCUT2D eigenvalue weighted by atomic mass is 9.89. The quantitative estimate of drug-likeness (QED) is 0.490. The Bertz CT molecular complexity index is 870. The molecule has 0 bridgehead atoms. The first-order valence-electron chi connectivity index (χ1n) is 10.8. The number of carbonyl (C=O) groups is 1. The molecule has 3 fully saturated rings. The topological polar surface area (TPSA) is 57.3 Å². The number of carbonyl (C=O) groups excluding carboxylic acids is 1. The van der Waals surface area contributed by atoms with E-state index in [9.17, 15) is 4.79 Å². The van der Waals surface area contributed by atoms with Crippen molar-refractivity contribution < 1.29 is 23.7 Å². The summed E-state index contributed by atoms with van der Waals surface area (Å²) >= 11 is 0. The molecule has 0 unspecified atom stereocenters. The van der Waals surface area contributed by atoms with E-state index in [-0.39, 0.29) is 30.2 Å². The van der Waals surface area contributed by atoms with Gasteiger partial charge in [0.15, 0.2) is 0 Å². The maximum absolute atomic E-state index is 11.4. The van der Waals surface area contributed by atoms with E-state index in [1.165, 1.54) is 6.92 Å². The number of rotatable bonds is 8. The number of fused-ring (bicyclic) bond motifs is 3. The van der Waals surface area contributed by atoms with Gasteiger partial charge in [0.25, 0.3) is 0 Å². The van der Waals surface area contributed by atoms with Crippen molar-refractivity contribution in [3.63, 3.8) is 0 Å². The zero-order valence-corrected chi connectivity index (χ0v) is 17.2. The summed E-state index contributed by atoms with van der Waals surface area (Å²) in [6.45, 7) is 2.86. The van der Waals surface area contributed by atoms with Crippen LogP contribution in [0, 0.1) is 11.8 Å². The molecule has 1 aliphatic heterocycles. The fraction of sp³-hybridized carbons (Fsp3) is 0.480. The zero-order valence-electron chi connectivity index (χ0n) is 17.2. The molecule has 2 aromatic rings. The Morgan fingerprint density at radius 1 is 0.967 bits per heavy atom. The van der Waals surface area contributed by atoms with E-state index in [2.05, 4.69) is 24.3 Å². The van der Waals surface area contributed by atoms with E-state index in [4.69, 9.17) is 18.9 Å². The molecule has 1 heterocycles. The second-order valence-electron chi connectivity index (χ2n) is 8.70. The van der Waals surface area contributed by atoms with Gasteiger partial charge in [0, 0.05) is 12.8 Å². The molecule has 6 atom stereocenters. The van der Waals surface area contributed by atoms with Gasteiger partial charge in [-0.25, -0.2) is 0 Å². The fourth-order valence-corrected chi connectivity index (χ4v) is 5.40. The molecule has 5 heteroatoms. The third-order valence-electron chi connectivity index (χ3n) is 6.79. The lowest BCUT2D eigenvalue weighted by Crippen LogP contribution is -2.41. The van der Waals surface area contributed by atoms with Gasteiger partial charge < -0.3 is 18.9 Å². The van der Waals surface area contributed by atoms with Crippen LogP contribution in [-0.2, 0) is 37.0 Å². The average Bonchev–Trinajstić information content (AvgIpc) is 3.20. The van der Waals surface area contributed by atoms with Gasteiger partial charge in [-0.15, -0.1) is 0 Å². The normalized spacial score (nSPS) is 33.7. The molecule has 0 radical (unpaired) electrons. The molecular formula is C25H28O5. The highest BCUT2D eigenvalue weighted by molar-refractivity contribution is 5.66. The summed E-state index contributed by atoms with van der Waals surface area (Å²) in [5, 5.41) is 0. The number of epoxide rings is 1. The van der Waals surface area contributed by atoms with Crippen molar-refractivity contribution in [2.45, 2.75) is 56.9 Å². The molecule has 5 nitrogen and oxygen atoms in total. The summed E-state index contributed by atoms with van der Waals surface area (Å²) in [5.41, 5.74) is 1.90. The monoisotopic (exact) mass is 408 g/mol. The number of ether oxygens (including phenoxy) is 4. The molecule has 0 amide bonds. The summed E-state index contributed by atoms with van der Waals surface area (Å²) < 4.78 is 24.3. The molecule has 0 aromatic heterocycles. The van der Waals surface area contributed by atoms with Crippen LogP contribution in [-0.4, -0.2) is 36.5 Å². The first-order valence-corrected chi connectivity index (χ1v) is 10.8. The first kappa shape index (κ1) is 19.7. The third kappa shape index (κ3) is 3.78. The predicted octanol–water partition coefficient (Wildman–Crippen LogP) is 3.90. The summed E-state index contributed by atoms with van der Waals surface area (Å²) in [4.78, 5) is 11.4. The summed E-state index contributed by atoms with van der Waals surface area (Å²) in [6.07, 6.45) is 2.04. The van der Waals surface area contributed by atoms with Crippen molar-refractivity contribution in [2.75, 3.05) is 6.61 Å². The van der Waals surface area contributed by atoms with Crippen molar-refractivity contribution in [3.05, 3.63) is 71.8 Å². The van der Waals surface area contributed by atoms with Crippen LogP contribution in [0.15, 0.2) is 60.7 Å². The molecule has 1 saturated heterocycles. The highest BCUT2D eigenvalue weighted by atomic mass is 16.6. The van der Waals surface area contributed by atoms with Gasteiger partial charge in [-0.1, -0.05) is 60.7 Å². The van der Waals surface area contributed by atoms with E-state index in [1.54, 1.807) is 0 Å². The second kappa shape index (κ2) is 8.14. The van der Waals surface area contributed by atoms with Crippen LogP contribution in [0.3, 0.4) is 0 Å². The molecule has 0 N–H and O–H groups in total. The van der Waals surface area contributed by atoms with Gasteiger partial charge in [-0.05, 0) is 29.9 Å². The Hall–Kier alpha value is -2.21. The SMILES string of the molecule is CC(=O)OC[C@@]12O[C@@H]1C[C@@H]1C[C@@H](OCc3ccccc3)[C@@H](OCc3ccccc3)[C@@H]12. The second-order valence-corrected chi connectivity index (χ2v) is 8.70. The van der Waals surface area contributed by atoms with Crippen molar-refractivity contribution in [3.8, 4) is 0 Å². The minimum absolute atomic E-state index is 0.00303. The standard InChI is InChI=1S/C25H28O5/c1-17(26)29-16-25-22(30-25)13-20-12-21(27-14-18-8-4-2-5-9-18)24(23(20)25)28-15-19-10-6-3-7-11-19/h2-11,20-24H,12-16H2,1H3/t20-,21+,22+,23+,24+,25+/m0/s1. The molecule has 5 rings (SSSR count). The Morgan fingerprint density at radius 3 is 2.23 bits per heavy atom. The lowest BCUT2D eigenvalue weighted by molar-refractivity contribution is -0.145. The minimum atomic E-state index is -0.400. The largest absolute Gasteiger partial charge is 0.463 e. The van der Waals surface area contributed by atoms with Crippen molar-refractivity contribution in [1.82, 2.24) is 0 Å². The number of hydrogen-bond acceptors (Lipinski definition) is 5. The molecule has 0 spiro atoms. The molecule has 2 saturated carbocycles. The average molecular weight is 408 g/mol. The van der Waals surface area contributed by atoms with Crippen LogP contribution in [0.2, 0.25) is 0 Å². The zero-order chi connectivity index (χ0) is 20.6. The third-order valence-corrected chi connectivity index (χ3v) is 6.79. The minimum Gasteiger partial charge on any atom is -0.463 e. The molecule has 158 valence electrons. The molecule has 30 heavy (non-hydrogen) atoms. The molecular weight excluding hydrogens is 380 g/mol. The maximum atomic E-state index is 11.4. The van der Waals surface area contributed by atoms with E-state index < -0.39 is 5.60 Å². The molecule has 2 aliphatic carbocycles. The van der Waals surface area contributed by atoms with E-state index in [0.29, 0.717) is 25.7 Å². The molecule has 3 aliphatic rings. The fourth-order valence-electron chi connectivity index (χ4n) is 5.40. The smallest absolute Gasteiger partial charge is 0.302 e. The van der Waals surface area contributed by atoms with Crippen molar-refractivity contribution in [2.24, 2.45) is 11.8 Å². The summed E-state index contributed by atoms with van der Waals surface area (Å²) in [6, 6.07) is 20.4. The number of benzene rings is 2. The van der Waals surface area contributed by atoms with Gasteiger partial charge in [0.2, 0.25) is 0 Å². The highest BCUT2D eigenvalue weighted by Gasteiger charge is 2.74. The summed E-state index contributed by atoms with van der Waals surface area (Å²) in [7, 11) is 0. The maximum Gasteiger partial charge on any atom is 0.302 e. The van der Waals surface area contributed by atoms with Crippen molar-refractivity contribution in [1.29, 1.82) is 0 Å². The van der Waals surface area contributed by atoms with E-state index in [0.717, 1.165) is 24.0 Å². The van der Waals surface area contributed by atoms with Gasteiger partial charge in [-0.3, -0.25) is 4.79 Å². The van der Waals surface area contributed by atoms with Crippen molar-refractivity contribution >= 4 is 5.97 Å². The van der Waals surface area contributed by atoms with Gasteiger partial charge in [0.1, 0.15) is 12.2 Å². The Morgan fingerprint density at radius 2 is 1.60 bits per heavy atom. The first-order chi connectivity index (χ1) is 14.7. The van der Waals surface area contributed by atoms with Gasteiger partial charge in [0.05, 0.1) is 31.5 Å². The lowest BCUT2D eigenvalue weighted by Gasteiger charge is -2.29. The van der Waals surface area contributed by atoms with Gasteiger partial charge in [-0.2, -0.15) is 0 Å². The van der Waals surface area contributed by atoms with Crippen LogP contribution in [0.1, 0.15) is 30.9 Å². The predicted molar refractivity (Wildman–Crippen MR) is 110 cm³/mol. The van der Waals surface area contributed by atoms with Crippen LogP contribution in [0.5, 0.6) is 0 Å². The van der Waals surface area contributed by atoms with Crippen LogP contribution in [0.25, 0.3) is 0 Å². The Balaban J connectivity index is 1.32. The van der Waals surface area contributed by atoms with E-state index in [1.807, 2.05) is 36.4 Å². The van der Waals surface area contributed by atoms with Crippen LogP contribution in [0.4, 0.5) is 0 Å². The number of esters is 1. The van der Waals surface area contributed by atoms with Gasteiger partial charge >= 0.3 is 5.97 Å². The Labute approximate surface area is 177 Å². The van der Waals surface area contributed by atoms with Crippen LogP contribution < -0.4 is 0 Å². The molecule has 2 aromatic carbocycles. The number of hydrogen-bond donors (Lipinski definition) is 0.